The van der Waals surface area contributed by atoms with Crippen molar-refractivity contribution in [3.8, 4) is 11.8 Å². The van der Waals surface area contributed by atoms with Crippen LogP contribution in [0.1, 0.15) is 41.2 Å². The quantitative estimate of drug-likeness (QED) is 0.151. The molecule has 0 aliphatic carbocycles. The zero-order valence-corrected chi connectivity index (χ0v) is 19.3. The van der Waals surface area contributed by atoms with E-state index in [2.05, 4.69) is 17.9 Å². The third-order valence-electron chi connectivity index (χ3n) is 5.89. The minimum absolute atomic E-state index is 0.232. The molecule has 35 heavy (non-hydrogen) atoms. The molecule has 0 saturated heterocycles. The van der Waals surface area contributed by atoms with Gasteiger partial charge in [0.25, 0.3) is 0 Å². The first-order valence-corrected chi connectivity index (χ1v) is 11.5. The van der Waals surface area contributed by atoms with Crippen molar-refractivity contribution in [1.29, 1.82) is 0 Å². The summed E-state index contributed by atoms with van der Waals surface area (Å²) in [6, 6.07) is 17.4. The molecule has 0 N–H and O–H groups in total. The van der Waals surface area contributed by atoms with Gasteiger partial charge in [-0.2, -0.15) is 0 Å². The van der Waals surface area contributed by atoms with Crippen LogP contribution < -0.4 is 0 Å². The number of aryl methyl sites for hydroxylation is 3. The van der Waals surface area contributed by atoms with Gasteiger partial charge in [-0.1, -0.05) is 48.3 Å². The second-order valence-electron chi connectivity index (χ2n) is 8.43. The van der Waals surface area contributed by atoms with Crippen LogP contribution in [0.3, 0.4) is 0 Å². The maximum Gasteiger partial charge on any atom is 0.159 e. The lowest BCUT2D eigenvalue weighted by molar-refractivity contribution is 0.511. The van der Waals surface area contributed by atoms with E-state index in [1.807, 2.05) is 19.1 Å². The molecule has 0 amide bonds. The summed E-state index contributed by atoms with van der Waals surface area (Å²) in [6.45, 7) is 1.96. The molecule has 4 aromatic carbocycles. The van der Waals surface area contributed by atoms with Crippen molar-refractivity contribution in [3.63, 3.8) is 0 Å². The van der Waals surface area contributed by atoms with E-state index in [0.29, 0.717) is 34.7 Å². The van der Waals surface area contributed by atoms with E-state index in [1.54, 1.807) is 42.5 Å². The van der Waals surface area contributed by atoms with Crippen LogP contribution in [0.25, 0.3) is 10.8 Å². The van der Waals surface area contributed by atoms with Crippen LogP contribution in [0.15, 0.2) is 78.9 Å². The van der Waals surface area contributed by atoms with E-state index >= 15 is 0 Å². The summed E-state index contributed by atoms with van der Waals surface area (Å²) in [5.74, 6) is 3.16. The summed E-state index contributed by atoms with van der Waals surface area (Å²) in [6.07, 6.45) is 6.69. The number of benzene rings is 4. The highest BCUT2D eigenvalue weighted by Crippen LogP contribution is 2.20. The van der Waals surface area contributed by atoms with Crippen molar-refractivity contribution >= 4 is 10.8 Å². The number of allylic oxidation sites excluding steroid dienone is 2. The molecule has 0 saturated carbocycles. The number of fused-ring (bicyclic) bond motifs is 1. The van der Waals surface area contributed by atoms with Gasteiger partial charge in [0.05, 0.1) is 5.56 Å². The van der Waals surface area contributed by atoms with Crippen molar-refractivity contribution in [2.45, 2.75) is 32.6 Å². The van der Waals surface area contributed by atoms with Gasteiger partial charge >= 0.3 is 0 Å². The Balaban J connectivity index is 1.43. The van der Waals surface area contributed by atoms with Crippen LogP contribution in [0, 0.1) is 35.1 Å². The molecule has 0 aromatic heterocycles. The van der Waals surface area contributed by atoms with Crippen molar-refractivity contribution in [2.75, 3.05) is 0 Å². The average molecular weight is 473 g/mol. The molecule has 0 unspecified atom stereocenters. The predicted molar refractivity (Wildman–Crippen MR) is 133 cm³/mol. The maximum absolute atomic E-state index is 14.6. The number of hydrogen-bond acceptors (Lipinski definition) is 0. The van der Waals surface area contributed by atoms with Crippen LogP contribution in [0.4, 0.5) is 17.6 Å². The molecule has 4 aromatic rings. The molecule has 0 heterocycles. The first-order valence-electron chi connectivity index (χ1n) is 11.5. The zero-order chi connectivity index (χ0) is 24.8. The summed E-state index contributed by atoms with van der Waals surface area (Å²) in [5.41, 5.74) is 3.12. The Kier molecular flexibility index (Phi) is 7.67. The lowest BCUT2D eigenvalue weighted by Crippen LogP contribution is -1.98. The summed E-state index contributed by atoms with van der Waals surface area (Å²) in [4.78, 5) is 0. The molecule has 0 aliphatic rings. The van der Waals surface area contributed by atoms with Gasteiger partial charge in [-0.15, -0.1) is 0 Å². The van der Waals surface area contributed by atoms with E-state index in [1.165, 1.54) is 6.07 Å². The SMILES string of the molecule is C/C=C/CCc1ccc(CCc2ccc(C#Cc3ccc4cc(F)c(F)cc4c3)c(F)c2)c(F)c1. The van der Waals surface area contributed by atoms with Crippen LogP contribution in [-0.4, -0.2) is 0 Å². The highest BCUT2D eigenvalue weighted by Gasteiger charge is 2.07. The van der Waals surface area contributed by atoms with Crippen molar-refractivity contribution in [1.82, 2.24) is 0 Å². The molecule has 176 valence electrons. The van der Waals surface area contributed by atoms with Gasteiger partial charge in [0.15, 0.2) is 11.6 Å². The standard InChI is InChI=1S/C31H24F4/c1-2-3-4-5-21-6-11-24(28(32)17-21)13-8-23-9-14-25(29(33)18-23)12-7-22-10-15-26-19-30(34)31(35)20-27(26)16-22/h2-3,6,9-11,14-20H,4-5,8,13H2,1H3/b3-2+. The summed E-state index contributed by atoms with van der Waals surface area (Å²) in [5, 5.41) is 1.08. The van der Waals surface area contributed by atoms with Gasteiger partial charge in [0.2, 0.25) is 0 Å². The van der Waals surface area contributed by atoms with E-state index < -0.39 is 17.5 Å². The van der Waals surface area contributed by atoms with E-state index in [-0.39, 0.29) is 11.4 Å². The molecular weight excluding hydrogens is 448 g/mol. The molecule has 0 spiro atoms. The number of halogens is 4. The van der Waals surface area contributed by atoms with Gasteiger partial charge in [0, 0.05) is 5.56 Å². The topological polar surface area (TPSA) is 0 Å². The first-order chi connectivity index (χ1) is 16.9. The van der Waals surface area contributed by atoms with Crippen LogP contribution in [0.5, 0.6) is 0 Å². The van der Waals surface area contributed by atoms with Crippen LogP contribution in [-0.2, 0) is 19.3 Å². The predicted octanol–water partition coefficient (Wildman–Crippen LogP) is 8.09. The lowest BCUT2D eigenvalue weighted by Gasteiger charge is -2.07. The fourth-order valence-corrected chi connectivity index (χ4v) is 3.92. The molecule has 0 radical (unpaired) electrons. The molecule has 0 aliphatic heterocycles. The van der Waals surface area contributed by atoms with Gasteiger partial charge in [-0.3, -0.25) is 0 Å². The second kappa shape index (κ2) is 11.1. The highest BCUT2D eigenvalue weighted by molar-refractivity contribution is 5.84. The molecular formula is C31H24F4. The number of hydrogen-bond donors (Lipinski definition) is 0. The second-order valence-corrected chi connectivity index (χ2v) is 8.43. The summed E-state index contributed by atoms with van der Waals surface area (Å²) in [7, 11) is 0. The smallest absolute Gasteiger partial charge is 0.159 e. The third-order valence-corrected chi connectivity index (χ3v) is 5.89. The Morgan fingerprint density at radius 3 is 2.09 bits per heavy atom. The number of rotatable bonds is 6. The van der Waals surface area contributed by atoms with Gasteiger partial charge < -0.3 is 0 Å². The fraction of sp³-hybridized carbons (Fsp3) is 0.161. The molecule has 4 heteroatoms. The van der Waals surface area contributed by atoms with Gasteiger partial charge in [-0.05, 0) is 103 Å². The molecule has 0 bridgehead atoms. The minimum atomic E-state index is -0.926. The normalized spacial score (nSPS) is 11.1. The van der Waals surface area contributed by atoms with E-state index in [0.717, 1.165) is 36.1 Å². The molecule has 0 atom stereocenters. The van der Waals surface area contributed by atoms with Crippen LogP contribution >= 0.6 is 0 Å². The van der Waals surface area contributed by atoms with E-state index in [9.17, 15) is 17.6 Å². The highest BCUT2D eigenvalue weighted by atomic mass is 19.2. The van der Waals surface area contributed by atoms with E-state index in [4.69, 9.17) is 0 Å². The molecule has 4 rings (SSSR count). The Morgan fingerprint density at radius 1 is 0.629 bits per heavy atom. The Labute approximate surface area is 202 Å². The lowest BCUT2D eigenvalue weighted by atomic mass is 10.00. The van der Waals surface area contributed by atoms with Crippen molar-refractivity contribution < 1.29 is 17.6 Å². The third kappa shape index (κ3) is 6.19. The summed E-state index contributed by atoms with van der Waals surface area (Å²) >= 11 is 0. The van der Waals surface area contributed by atoms with Crippen molar-refractivity contribution in [2.24, 2.45) is 0 Å². The molecule has 0 fully saturated rings. The van der Waals surface area contributed by atoms with Gasteiger partial charge in [0.1, 0.15) is 11.6 Å². The zero-order valence-electron chi connectivity index (χ0n) is 19.3. The Hall–Kier alpha value is -3.84. The van der Waals surface area contributed by atoms with Crippen LogP contribution in [0.2, 0.25) is 0 Å². The largest absolute Gasteiger partial charge is 0.207 e. The van der Waals surface area contributed by atoms with Gasteiger partial charge in [-0.25, -0.2) is 17.6 Å². The monoisotopic (exact) mass is 472 g/mol. The Morgan fingerprint density at radius 2 is 1.34 bits per heavy atom. The molecule has 0 nitrogen and oxygen atoms in total. The first kappa shape index (κ1) is 24.3. The fourth-order valence-electron chi connectivity index (χ4n) is 3.92. The minimum Gasteiger partial charge on any atom is -0.207 e. The maximum atomic E-state index is 14.6. The Bertz CT molecular complexity index is 1450. The van der Waals surface area contributed by atoms with Crippen molar-refractivity contribution in [3.05, 3.63) is 130 Å². The summed E-state index contributed by atoms with van der Waals surface area (Å²) < 4.78 is 56.0. The average Bonchev–Trinajstić information content (AvgIpc) is 2.84.